The lowest BCUT2D eigenvalue weighted by Crippen LogP contribution is -2.58. The SMILES string of the molecule is CCC(C)C(NC(=O)C(CCC(N)=O)NC(=O)C1CCCN1)C(=O)NC(Cc1cnc[nH]1)C(=O)O. The molecule has 1 fully saturated rings. The molecule has 1 aromatic heterocycles. The zero-order valence-electron chi connectivity index (χ0n) is 20.0. The van der Waals surface area contributed by atoms with Gasteiger partial charge in [-0.05, 0) is 31.7 Å². The van der Waals surface area contributed by atoms with E-state index in [-0.39, 0.29) is 31.1 Å². The van der Waals surface area contributed by atoms with Crippen LogP contribution >= 0.6 is 0 Å². The molecule has 2 rings (SSSR count). The predicted octanol–water partition coefficient (Wildman–Crippen LogP) is -1.45. The number of rotatable bonds is 14. The van der Waals surface area contributed by atoms with Crippen LogP contribution in [-0.4, -0.2) is 75.4 Å². The van der Waals surface area contributed by atoms with E-state index in [9.17, 15) is 29.1 Å². The van der Waals surface area contributed by atoms with E-state index in [2.05, 4.69) is 31.2 Å². The van der Waals surface area contributed by atoms with Gasteiger partial charge in [0.25, 0.3) is 0 Å². The normalized spacial score (nSPS) is 18.6. The summed E-state index contributed by atoms with van der Waals surface area (Å²) in [6.45, 7) is 4.26. The molecule has 5 atom stereocenters. The summed E-state index contributed by atoms with van der Waals surface area (Å²) in [5, 5.41) is 20.4. The summed E-state index contributed by atoms with van der Waals surface area (Å²) in [4.78, 5) is 68.4. The fourth-order valence-electron chi connectivity index (χ4n) is 3.77. The maximum Gasteiger partial charge on any atom is 0.326 e. The van der Waals surface area contributed by atoms with Gasteiger partial charge in [0.1, 0.15) is 18.1 Å². The number of aromatic amines is 1. The van der Waals surface area contributed by atoms with Gasteiger partial charge >= 0.3 is 5.97 Å². The Labute approximate surface area is 203 Å². The van der Waals surface area contributed by atoms with Crippen molar-refractivity contribution < 1.29 is 29.1 Å². The van der Waals surface area contributed by atoms with Crippen molar-refractivity contribution in [2.45, 2.75) is 76.5 Å². The molecule has 4 amide bonds. The Bertz CT molecular complexity index is 885. The van der Waals surface area contributed by atoms with Crippen molar-refractivity contribution in [1.82, 2.24) is 31.2 Å². The lowest BCUT2D eigenvalue weighted by Gasteiger charge is -2.28. The molecule has 1 aliphatic heterocycles. The number of amides is 4. The van der Waals surface area contributed by atoms with Crippen LogP contribution in [0, 0.1) is 5.92 Å². The fraction of sp³-hybridized carbons (Fsp3) is 0.636. The highest BCUT2D eigenvalue weighted by atomic mass is 16.4. The summed E-state index contributed by atoms with van der Waals surface area (Å²) < 4.78 is 0. The summed E-state index contributed by atoms with van der Waals surface area (Å²) in [7, 11) is 0. The lowest BCUT2D eigenvalue weighted by atomic mass is 9.96. The minimum absolute atomic E-state index is 0.0199. The maximum atomic E-state index is 13.1. The first-order chi connectivity index (χ1) is 16.6. The van der Waals surface area contributed by atoms with Crippen LogP contribution in [0.3, 0.4) is 0 Å². The van der Waals surface area contributed by atoms with Crippen molar-refractivity contribution >= 4 is 29.6 Å². The second-order valence-electron chi connectivity index (χ2n) is 8.77. The molecule has 1 aromatic rings. The molecule has 0 aliphatic carbocycles. The molecule has 5 unspecified atom stereocenters. The number of primary amides is 1. The molecule has 0 bridgehead atoms. The molecule has 13 heteroatoms. The van der Waals surface area contributed by atoms with Gasteiger partial charge < -0.3 is 37.1 Å². The highest BCUT2D eigenvalue weighted by Gasteiger charge is 2.33. The smallest absolute Gasteiger partial charge is 0.326 e. The molecule has 2 heterocycles. The van der Waals surface area contributed by atoms with E-state index in [1.807, 2.05) is 6.92 Å². The first kappa shape index (κ1) is 27.8. The van der Waals surface area contributed by atoms with Gasteiger partial charge in [-0.2, -0.15) is 0 Å². The number of hydrogen-bond donors (Lipinski definition) is 7. The summed E-state index contributed by atoms with van der Waals surface area (Å²) in [6, 6.07) is -3.83. The van der Waals surface area contributed by atoms with Crippen LogP contribution in [0.15, 0.2) is 12.5 Å². The van der Waals surface area contributed by atoms with Crippen LogP contribution in [0.4, 0.5) is 0 Å². The van der Waals surface area contributed by atoms with Gasteiger partial charge in [-0.1, -0.05) is 20.3 Å². The number of imidazole rings is 1. The first-order valence-electron chi connectivity index (χ1n) is 11.7. The second-order valence-corrected chi connectivity index (χ2v) is 8.77. The summed E-state index contributed by atoms with van der Waals surface area (Å²) >= 11 is 0. The number of nitrogens with one attached hydrogen (secondary N) is 5. The number of hydrogen-bond acceptors (Lipinski definition) is 7. The van der Waals surface area contributed by atoms with Gasteiger partial charge in [0.2, 0.25) is 23.6 Å². The van der Waals surface area contributed by atoms with E-state index in [1.165, 1.54) is 12.5 Å². The van der Waals surface area contributed by atoms with Crippen LogP contribution in [0.25, 0.3) is 0 Å². The zero-order valence-corrected chi connectivity index (χ0v) is 20.0. The molecule has 0 radical (unpaired) electrons. The third kappa shape index (κ3) is 8.67. The van der Waals surface area contributed by atoms with Crippen molar-refractivity contribution in [1.29, 1.82) is 0 Å². The van der Waals surface area contributed by atoms with E-state index >= 15 is 0 Å². The van der Waals surface area contributed by atoms with E-state index in [0.29, 0.717) is 25.1 Å². The summed E-state index contributed by atoms with van der Waals surface area (Å²) in [5.41, 5.74) is 5.75. The lowest BCUT2D eigenvalue weighted by molar-refractivity contribution is -0.142. The van der Waals surface area contributed by atoms with Crippen LogP contribution < -0.4 is 27.0 Å². The van der Waals surface area contributed by atoms with Crippen molar-refractivity contribution in [3.05, 3.63) is 18.2 Å². The second kappa shape index (κ2) is 13.4. The number of carbonyl (C=O) groups is 5. The monoisotopic (exact) mass is 493 g/mol. The highest BCUT2D eigenvalue weighted by molar-refractivity contribution is 5.94. The van der Waals surface area contributed by atoms with Crippen LogP contribution in [-0.2, 0) is 30.4 Å². The Morgan fingerprint density at radius 1 is 1.17 bits per heavy atom. The third-order valence-electron chi connectivity index (χ3n) is 6.08. The predicted molar refractivity (Wildman–Crippen MR) is 125 cm³/mol. The number of carbonyl (C=O) groups excluding carboxylic acids is 4. The molecule has 13 nitrogen and oxygen atoms in total. The van der Waals surface area contributed by atoms with Crippen LogP contribution in [0.2, 0.25) is 0 Å². The van der Waals surface area contributed by atoms with E-state index in [1.54, 1.807) is 6.92 Å². The zero-order chi connectivity index (χ0) is 26.0. The van der Waals surface area contributed by atoms with E-state index < -0.39 is 47.9 Å². The van der Waals surface area contributed by atoms with Gasteiger partial charge in [0.15, 0.2) is 0 Å². The van der Waals surface area contributed by atoms with Gasteiger partial charge in [-0.25, -0.2) is 9.78 Å². The molecule has 1 saturated heterocycles. The van der Waals surface area contributed by atoms with Crippen molar-refractivity contribution in [2.24, 2.45) is 11.7 Å². The minimum Gasteiger partial charge on any atom is -0.480 e. The average molecular weight is 494 g/mol. The van der Waals surface area contributed by atoms with Crippen LogP contribution in [0.1, 0.15) is 51.6 Å². The van der Waals surface area contributed by atoms with E-state index in [0.717, 1.165) is 6.42 Å². The standard InChI is InChI=1S/C22H35N7O6/c1-3-12(2)18(21(33)28-16(22(34)35)9-13-10-24-11-26-13)29-20(32)15(6-7-17(23)30)27-19(31)14-5-4-8-25-14/h10-12,14-16,18,25H,3-9H2,1-2H3,(H2,23,30)(H,24,26)(H,27,31)(H,28,33)(H,29,32)(H,34,35). The minimum atomic E-state index is -1.25. The number of aliphatic carboxylic acids is 1. The molecule has 0 spiro atoms. The maximum absolute atomic E-state index is 13.1. The molecule has 0 aromatic carbocycles. The number of carboxylic acid groups (broad SMARTS) is 1. The Hall–Kier alpha value is -3.48. The number of nitrogens with two attached hydrogens (primary N) is 1. The van der Waals surface area contributed by atoms with Gasteiger partial charge in [0.05, 0.1) is 12.4 Å². The fourth-order valence-corrected chi connectivity index (χ4v) is 3.77. The molecule has 194 valence electrons. The molecular formula is C22H35N7O6. The largest absolute Gasteiger partial charge is 0.480 e. The topological polar surface area (TPSA) is 208 Å². The Morgan fingerprint density at radius 2 is 1.91 bits per heavy atom. The van der Waals surface area contributed by atoms with Gasteiger partial charge in [-0.15, -0.1) is 0 Å². The number of aromatic nitrogens is 2. The van der Waals surface area contributed by atoms with Crippen LogP contribution in [0.5, 0.6) is 0 Å². The molecule has 0 saturated carbocycles. The average Bonchev–Trinajstić information content (AvgIpc) is 3.53. The third-order valence-corrected chi connectivity index (χ3v) is 6.08. The van der Waals surface area contributed by atoms with Crippen molar-refractivity contribution in [3.8, 4) is 0 Å². The van der Waals surface area contributed by atoms with Gasteiger partial charge in [-0.3, -0.25) is 19.2 Å². The summed E-state index contributed by atoms with van der Waals surface area (Å²) in [6.07, 6.45) is 4.64. The molecule has 1 aliphatic rings. The molecular weight excluding hydrogens is 458 g/mol. The summed E-state index contributed by atoms with van der Waals surface area (Å²) in [5.74, 6) is -3.91. The number of carboxylic acids is 1. The molecule has 35 heavy (non-hydrogen) atoms. The quantitative estimate of drug-likeness (QED) is 0.163. The van der Waals surface area contributed by atoms with E-state index in [4.69, 9.17) is 5.73 Å². The Balaban J connectivity index is 2.12. The first-order valence-corrected chi connectivity index (χ1v) is 11.7. The molecule has 8 N–H and O–H groups in total. The number of H-pyrrole nitrogens is 1. The highest BCUT2D eigenvalue weighted by Crippen LogP contribution is 2.11. The van der Waals surface area contributed by atoms with Gasteiger partial charge in [0, 0.05) is 24.7 Å². The van der Waals surface area contributed by atoms with Crippen molar-refractivity contribution in [2.75, 3.05) is 6.54 Å². The number of nitrogens with zero attached hydrogens (tertiary/aromatic N) is 1. The Morgan fingerprint density at radius 3 is 2.46 bits per heavy atom. The Kier molecular flexibility index (Phi) is 10.6. The van der Waals surface area contributed by atoms with Crippen molar-refractivity contribution in [3.63, 3.8) is 0 Å².